The van der Waals surface area contributed by atoms with E-state index in [2.05, 4.69) is 15.5 Å². The second-order valence-corrected chi connectivity index (χ2v) is 3.32. The minimum absolute atomic E-state index is 0.0854. The number of carbonyl (C=O) groups excluding carboxylic acids is 1. The predicted octanol–water partition coefficient (Wildman–Crippen LogP) is 1.54. The normalized spacial score (nSPS) is 9.64. The molecule has 1 amide bonds. The van der Waals surface area contributed by atoms with Crippen LogP contribution in [0, 0.1) is 0 Å². The Morgan fingerprint density at radius 3 is 2.91 bits per heavy atom. The third-order valence-corrected chi connectivity index (χ3v) is 1.90. The molecule has 0 saturated carbocycles. The van der Waals surface area contributed by atoms with Crippen molar-refractivity contribution in [1.29, 1.82) is 0 Å². The van der Waals surface area contributed by atoms with Crippen LogP contribution in [-0.4, -0.2) is 16.1 Å². The van der Waals surface area contributed by atoms with E-state index >= 15 is 0 Å². The van der Waals surface area contributed by atoms with Gasteiger partial charge in [0.05, 0.1) is 0 Å². The van der Waals surface area contributed by atoms with Crippen molar-refractivity contribution in [2.45, 2.75) is 13.3 Å². The van der Waals surface area contributed by atoms with Crippen LogP contribution in [0.3, 0.4) is 0 Å². The minimum Gasteiger partial charge on any atom is -0.301 e. The first-order valence-corrected chi connectivity index (χ1v) is 4.20. The van der Waals surface area contributed by atoms with Gasteiger partial charge in [-0.15, -0.1) is 10.2 Å². The Bertz CT molecular complexity index is 262. The van der Waals surface area contributed by atoms with E-state index < -0.39 is 0 Å². The maximum atomic E-state index is 10.8. The monoisotopic (exact) mass is 191 g/mol. The lowest BCUT2D eigenvalue weighted by Gasteiger charge is -1.93. The predicted molar refractivity (Wildman–Crippen MR) is 43.8 cm³/mol. The van der Waals surface area contributed by atoms with E-state index in [0.717, 1.165) is 11.3 Å². The van der Waals surface area contributed by atoms with Gasteiger partial charge in [0.25, 0.3) is 0 Å². The zero-order valence-corrected chi connectivity index (χ0v) is 7.37. The number of aromatic nitrogens is 2. The number of nitrogens with zero attached hydrogens (tertiary/aromatic N) is 2. The lowest BCUT2D eigenvalue weighted by atomic mass is 10.5. The van der Waals surface area contributed by atoms with Crippen molar-refractivity contribution >= 4 is 34.0 Å². The zero-order chi connectivity index (χ0) is 8.27. The van der Waals surface area contributed by atoms with E-state index in [1.807, 2.05) is 0 Å². The molecule has 60 valence electrons. The van der Waals surface area contributed by atoms with Crippen molar-refractivity contribution < 1.29 is 4.79 Å². The molecule has 0 radical (unpaired) electrons. The van der Waals surface area contributed by atoms with Gasteiger partial charge in [0.15, 0.2) is 0 Å². The summed E-state index contributed by atoms with van der Waals surface area (Å²) in [7, 11) is 0. The molecule has 1 rings (SSSR count). The second kappa shape index (κ2) is 3.64. The Morgan fingerprint density at radius 1 is 1.73 bits per heavy atom. The topological polar surface area (TPSA) is 54.9 Å². The van der Waals surface area contributed by atoms with Crippen LogP contribution in [0.4, 0.5) is 5.13 Å². The molecule has 0 bridgehead atoms. The van der Waals surface area contributed by atoms with E-state index in [1.165, 1.54) is 0 Å². The summed E-state index contributed by atoms with van der Waals surface area (Å²) in [5, 5.41) is 10.1. The number of nitrogens with one attached hydrogen (secondary N) is 1. The van der Waals surface area contributed by atoms with Crippen molar-refractivity contribution in [2.75, 3.05) is 5.32 Å². The standard InChI is InChI=1S/C5H6ClN3OS/c1-2-3(10)7-5-9-8-4(6)11-5/h2H2,1H3,(H,7,9,10). The fraction of sp³-hybridized carbons (Fsp3) is 0.400. The Labute approximate surface area is 72.6 Å². The summed E-state index contributed by atoms with van der Waals surface area (Å²) in [5.74, 6) is -0.0854. The van der Waals surface area contributed by atoms with E-state index in [1.54, 1.807) is 6.92 Å². The summed E-state index contributed by atoms with van der Waals surface area (Å²) in [5.41, 5.74) is 0. The third-order valence-electron chi connectivity index (χ3n) is 0.968. The summed E-state index contributed by atoms with van der Waals surface area (Å²) < 4.78 is 0.330. The van der Waals surface area contributed by atoms with E-state index in [-0.39, 0.29) is 5.91 Å². The number of hydrogen-bond donors (Lipinski definition) is 1. The first kappa shape index (κ1) is 8.42. The van der Waals surface area contributed by atoms with Gasteiger partial charge in [0.1, 0.15) is 0 Å². The third kappa shape index (κ3) is 2.44. The van der Waals surface area contributed by atoms with Crippen molar-refractivity contribution in [1.82, 2.24) is 10.2 Å². The molecule has 0 atom stereocenters. The fourth-order valence-electron chi connectivity index (χ4n) is 0.463. The molecule has 1 heterocycles. The Morgan fingerprint density at radius 2 is 2.45 bits per heavy atom. The molecule has 0 unspecified atom stereocenters. The molecule has 0 aliphatic carbocycles. The molecule has 0 saturated heterocycles. The SMILES string of the molecule is CCC(=O)Nc1nnc(Cl)s1. The minimum atomic E-state index is -0.0854. The fourth-order valence-corrected chi connectivity index (χ4v) is 1.21. The van der Waals surface area contributed by atoms with Crippen LogP contribution >= 0.6 is 22.9 Å². The van der Waals surface area contributed by atoms with Crippen molar-refractivity contribution in [2.24, 2.45) is 0 Å². The maximum Gasteiger partial charge on any atom is 0.225 e. The highest BCUT2D eigenvalue weighted by Crippen LogP contribution is 2.19. The van der Waals surface area contributed by atoms with Crippen LogP contribution in [0.25, 0.3) is 0 Å². The maximum absolute atomic E-state index is 10.8. The summed E-state index contributed by atoms with van der Waals surface area (Å²) in [6.07, 6.45) is 0.428. The van der Waals surface area contributed by atoms with Crippen molar-refractivity contribution in [3.8, 4) is 0 Å². The second-order valence-electron chi connectivity index (χ2n) is 1.76. The van der Waals surface area contributed by atoms with Gasteiger partial charge < -0.3 is 5.32 Å². The number of amides is 1. The van der Waals surface area contributed by atoms with Crippen LogP contribution in [0.2, 0.25) is 4.47 Å². The molecule has 0 aromatic carbocycles. The number of anilines is 1. The molecule has 11 heavy (non-hydrogen) atoms. The van der Waals surface area contributed by atoms with Gasteiger partial charge in [-0.05, 0) is 11.6 Å². The van der Waals surface area contributed by atoms with Crippen LogP contribution in [0.1, 0.15) is 13.3 Å². The van der Waals surface area contributed by atoms with E-state index in [0.29, 0.717) is 16.0 Å². The molecule has 0 spiro atoms. The molecule has 1 aromatic rings. The highest BCUT2D eigenvalue weighted by molar-refractivity contribution is 7.19. The van der Waals surface area contributed by atoms with Crippen LogP contribution in [0.5, 0.6) is 0 Å². The zero-order valence-electron chi connectivity index (χ0n) is 5.80. The van der Waals surface area contributed by atoms with Gasteiger partial charge in [-0.3, -0.25) is 4.79 Å². The molecule has 6 heteroatoms. The summed E-state index contributed by atoms with van der Waals surface area (Å²) in [6.45, 7) is 1.76. The lowest BCUT2D eigenvalue weighted by molar-refractivity contribution is -0.115. The van der Waals surface area contributed by atoms with E-state index in [9.17, 15) is 4.79 Å². The van der Waals surface area contributed by atoms with Crippen LogP contribution in [-0.2, 0) is 4.79 Å². The quantitative estimate of drug-likeness (QED) is 0.772. The van der Waals surface area contributed by atoms with Crippen LogP contribution in [0.15, 0.2) is 0 Å². The molecule has 0 aliphatic rings. The lowest BCUT2D eigenvalue weighted by Crippen LogP contribution is -2.08. The molecule has 1 N–H and O–H groups in total. The highest BCUT2D eigenvalue weighted by Gasteiger charge is 2.03. The van der Waals surface area contributed by atoms with Crippen molar-refractivity contribution in [3.05, 3.63) is 4.47 Å². The molecule has 0 fully saturated rings. The Balaban J connectivity index is 2.57. The summed E-state index contributed by atoms with van der Waals surface area (Å²) in [4.78, 5) is 10.8. The largest absolute Gasteiger partial charge is 0.301 e. The smallest absolute Gasteiger partial charge is 0.225 e. The van der Waals surface area contributed by atoms with Gasteiger partial charge in [0.2, 0.25) is 15.5 Å². The van der Waals surface area contributed by atoms with Gasteiger partial charge in [-0.1, -0.05) is 18.3 Å². The van der Waals surface area contributed by atoms with Gasteiger partial charge >= 0.3 is 0 Å². The average molecular weight is 192 g/mol. The Kier molecular flexibility index (Phi) is 2.78. The van der Waals surface area contributed by atoms with Crippen molar-refractivity contribution in [3.63, 3.8) is 0 Å². The molecule has 4 nitrogen and oxygen atoms in total. The molecular formula is C5H6ClN3OS. The Hall–Kier alpha value is -0.680. The number of rotatable bonds is 2. The molecular weight excluding hydrogens is 186 g/mol. The number of carbonyl (C=O) groups is 1. The molecule has 1 aromatic heterocycles. The average Bonchev–Trinajstić information content (AvgIpc) is 2.35. The number of halogens is 1. The summed E-state index contributed by atoms with van der Waals surface area (Å²) >= 11 is 6.62. The molecule has 0 aliphatic heterocycles. The highest BCUT2D eigenvalue weighted by atomic mass is 35.5. The number of hydrogen-bond acceptors (Lipinski definition) is 4. The first-order chi connectivity index (χ1) is 5.22. The van der Waals surface area contributed by atoms with Gasteiger partial charge in [-0.2, -0.15) is 0 Å². The summed E-state index contributed by atoms with van der Waals surface area (Å²) in [6, 6.07) is 0. The van der Waals surface area contributed by atoms with Gasteiger partial charge in [0, 0.05) is 6.42 Å². The first-order valence-electron chi connectivity index (χ1n) is 3.01. The van der Waals surface area contributed by atoms with Crippen LogP contribution < -0.4 is 5.32 Å². The van der Waals surface area contributed by atoms with E-state index in [4.69, 9.17) is 11.6 Å². The van der Waals surface area contributed by atoms with Gasteiger partial charge in [-0.25, -0.2) is 0 Å².